The fourth-order valence-electron chi connectivity index (χ4n) is 4.07. The number of amides is 1. The molecule has 0 aromatic carbocycles. The summed E-state index contributed by atoms with van der Waals surface area (Å²) < 4.78 is 8.98. The van der Waals surface area contributed by atoms with Crippen molar-refractivity contribution in [3.05, 3.63) is 41.8 Å². The van der Waals surface area contributed by atoms with Crippen LogP contribution in [0.1, 0.15) is 26.3 Å². The van der Waals surface area contributed by atoms with Crippen LogP contribution in [0.3, 0.4) is 0 Å². The number of hydrogen-bond donors (Lipinski definition) is 0. The van der Waals surface area contributed by atoms with Crippen molar-refractivity contribution in [2.75, 3.05) is 31.1 Å². The second-order valence-corrected chi connectivity index (χ2v) is 10.3. The SMILES string of the molecule is Cn1cc(-c2cc(-c3csc(N4CCN(C(=O)OC(C)(C)C)CC4)n3)c3c(C#N)cnn3c2)cn1. The van der Waals surface area contributed by atoms with Crippen LogP contribution in [0.15, 0.2) is 36.2 Å². The van der Waals surface area contributed by atoms with Crippen LogP contribution in [0.25, 0.3) is 27.9 Å². The number of fused-ring (bicyclic) bond motifs is 1. The first-order valence-corrected chi connectivity index (χ1v) is 12.2. The lowest BCUT2D eigenvalue weighted by Gasteiger charge is -2.35. The van der Waals surface area contributed by atoms with E-state index in [0.29, 0.717) is 31.7 Å². The quantitative estimate of drug-likeness (QED) is 0.430. The average molecular weight is 491 g/mol. The Labute approximate surface area is 207 Å². The van der Waals surface area contributed by atoms with E-state index >= 15 is 0 Å². The molecule has 35 heavy (non-hydrogen) atoms. The Bertz CT molecular complexity index is 1430. The van der Waals surface area contributed by atoms with Crippen LogP contribution in [0, 0.1) is 11.3 Å². The summed E-state index contributed by atoms with van der Waals surface area (Å²) in [6, 6.07) is 4.28. The lowest BCUT2D eigenvalue weighted by molar-refractivity contribution is 0.0240. The number of pyridine rings is 1. The second-order valence-electron chi connectivity index (χ2n) is 9.48. The van der Waals surface area contributed by atoms with Crippen LogP contribution in [0.2, 0.25) is 0 Å². The Morgan fingerprint density at radius 1 is 1.11 bits per heavy atom. The number of carbonyl (C=O) groups excluding carboxylic acids is 1. The number of anilines is 1. The third-order valence-electron chi connectivity index (χ3n) is 5.74. The number of nitrogens with zero attached hydrogens (tertiary/aromatic N) is 8. The number of rotatable bonds is 3. The largest absolute Gasteiger partial charge is 0.444 e. The summed E-state index contributed by atoms with van der Waals surface area (Å²) in [5, 5.41) is 21.2. The lowest BCUT2D eigenvalue weighted by Crippen LogP contribution is -2.50. The van der Waals surface area contributed by atoms with Crippen molar-refractivity contribution in [3.8, 4) is 28.5 Å². The molecule has 0 spiro atoms. The minimum atomic E-state index is -0.510. The van der Waals surface area contributed by atoms with Crippen molar-refractivity contribution in [3.63, 3.8) is 0 Å². The molecule has 1 saturated heterocycles. The van der Waals surface area contributed by atoms with Crippen LogP contribution < -0.4 is 4.90 Å². The molecule has 0 bridgehead atoms. The average Bonchev–Trinajstić information content (AvgIpc) is 3.57. The van der Waals surface area contributed by atoms with Crippen LogP contribution in [0.4, 0.5) is 9.93 Å². The first-order valence-electron chi connectivity index (χ1n) is 11.3. The molecule has 0 unspecified atom stereocenters. The number of piperazine rings is 1. The van der Waals surface area contributed by atoms with Crippen molar-refractivity contribution < 1.29 is 9.53 Å². The highest BCUT2D eigenvalue weighted by Crippen LogP contribution is 2.34. The normalized spacial score (nSPS) is 14.4. The van der Waals surface area contributed by atoms with Crippen LogP contribution in [0.5, 0.6) is 0 Å². The lowest BCUT2D eigenvalue weighted by atomic mass is 10.0. The first-order chi connectivity index (χ1) is 16.7. The number of hydrogen-bond acceptors (Lipinski definition) is 8. The Hall–Kier alpha value is -3.91. The zero-order valence-corrected chi connectivity index (χ0v) is 20.9. The van der Waals surface area contributed by atoms with Crippen molar-refractivity contribution in [1.29, 1.82) is 5.26 Å². The first kappa shape index (κ1) is 22.9. The Morgan fingerprint density at radius 2 is 1.89 bits per heavy atom. The number of nitriles is 1. The predicted octanol–water partition coefficient (Wildman–Crippen LogP) is 3.79. The maximum absolute atomic E-state index is 12.4. The highest BCUT2D eigenvalue weighted by Gasteiger charge is 2.27. The number of carbonyl (C=O) groups is 1. The van der Waals surface area contributed by atoms with Gasteiger partial charge >= 0.3 is 6.09 Å². The maximum atomic E-state index is 12.4. The molecule has 0 radical (unpaired) electrons. The molecule has 4 aromatic heterocycles. The molecule has 1 aliphatic heterocycles. The van der Waals surface area contributed by atoms with Gasteiger partial charge in [0.25, 0.3) is 0 Å². The topological polar surface area (TPSA) is 105 Å². The number of thiazole rings is 1. The monoisotopic (exact) mass is 490 g/mol. The van der Waals surface area contributed by atoms with Gasteiger partial charge in [-0.3, -0.25) is 4.68 Å². The van der Waals surface area contributed by atoms with E-state index in [1.54, 1.807) is 37.8 Å². The standard InChI is InChI=1S/C24H26N8O2S/c1-24(2,3)34-23(33)31-7-5-30(6-8-31)22-28-20(15-35-22)19-9-16(18-12-26-29(4)13-18)14-32-21(19)17(10-25)11-27-32/h9,11-15H,5-8H2,1-4H3. The van der Waals surface area contributed by atoms with Crippen LogP contribution in [-0.2, 0) is 11.8 Å². The smallest absolute Gasteiger partial charge is 0.410 e. The molecule has 11 heteroatoms. The van der Waals surface area contributed by atoms with E-state index in [1.807, 2.05) is 51.7 Å². The summed E-state index contributed by atoms with van der Waals surface area (Å²) >= 11 is 1.55. The fraction of sp³-hybridized carbons (Fsp3) is 0.375. The summed E-state index contributed by atoms with van der Waals surface area (Å²) in [6.45, 7) is 8.11. The molecule has 0 N–H and O–H groups in total. The minimum absolute atomic E-state index is 0.281. The molecule has 10 nitrogen and oxygen atoms in total. The van der Waals surface area contributed by atoms with Gasteiger partial charge in [-0.15, -0.1) is 11.3 Å². The molecular formula is C24H26N8O2S. The maximum Gasteiger partial charge on any atom is 0.410 e. The van der Waals surface area contributed by atoms with Gasteiger partial charge in [-0.2, -0.15) is 15.5 Å². The van der Waals surface area contributed by atoms with Gasteiger partial charge in [-0.05, 0) is 26.8 Å². The van der Waals surface area contributed by atoms with E-state index < -0.39 is 5.60 Å². The highest BCUT2D eigenvalue weighted by molar-refractivity contribution is 7.14. The van der Waals surface area contributed by atoms with Gasteiger partial charge in [0.2, 0.25) is 0 Å². The molecule has 1 aliphatic rings. The summed E-state index contributed by atoms with van der Waals surface area (Å²) in [5.74, 6) is 0. The molecule has 0 atom stereocenters. The van der Waals surface area contributed by atoms with Crippen molar-refractivity contribution >= 4 is 28.1 Å². The molecule has 1 amide bonds. The Morgan fingerprint density at radius 3 is 2.54 bits per heavy atom. The van der Waals surface area contributed by atoms with Crippen molar-refractivity contribution in [1.82, 2.24) is 29.3 Å². The van der Waals surface area contributed by atoms with Crippen molar-refractivity contribution in [2.24, 2.45) is 7.05 Å². The molecule has 0 aliphatic carbocycles. The van der Waals surface area contributed by atoms with Gasteiger partial charge in [0, 0.05) is 67.7 Å². The summed E-state index contributed by atoms with van der Waals surface area (Å²) in [6.07, 6.45) is 6.94. The van der Waals surface area contributed by atoms with Gasteiger partial charge in [0.15, 0.2) is 5.13 Å². The van der Waals surface area contributed by atoms with Crippen molar-refractivity contribution in [2.45, 2.75) is 26.4 Å². The number of aromatic nitrogens is 5. The van der Waals surface area contributed by atoms with Crippen LogP contribution >= 0.6 is 11.3 Å². The van der Waals surface area contributed by atoms with Crippen LogP contribution in [-0.4, -0.2) is 67.2 Å². The van der Waals surface area contributed by atoms with E-state index in [0.717, 1.165) is 33.0 Å². The van der Waals surface area contributed by atoms with E-state index in [4.69, 9.17) is 9.72 Å². The predicted molar refractivity (Wildman–Crippen MR) is 133 cm³/mol. The molecule has 180 valence electrons. The van der Waals surface area contributed by atoms with Gasteiger partial charge in [0.1, 0.15) is 11.7 Å². The fourth-order valence-corrected chi connectivity index (χ4v) is 4.95. The van der Waals surface area contributed by atoms with Gasteiger partial charge in [-0.1, -0.05) is 0 Å². The summed E-state index contributed by atoms with van der Waals surface area (Å²) in [7, 11) is 1.87. The minimum Gasteiger partial charge on any atom is -0.444 e. The van der Waals surface area contributed by atoms with Gasteiger partial charge < -0.3 is 14.5 Å². The van der Waals surface area contributed by atoms with E-state index in [2.05, 4.69) is 21.2 Å². The Balaban J connectivity index is 1.42. The zero-order valence-electron chi connectivity index (χ0n) is 20.1. The summed E-state index contributed by atoms with van der Waals surface area (Å²) in [4.78, 5) is 21.2. The second kappa shape index (κ2) is 8.70. The zero-order chi connectivity index (χ0) is 24.7. The molecule has 0 saturated carbocycles. The van der Waals surface area contributed by atoms with E-state index in [9.17, 15) is 10.1 Å². The molecule has 5 heterocycles. The molecule has 5 rings (SSSR count). The van der Waals surface area contributed by atoms with E-state index in [1.165, 1.54) is 0 Å². The molecular weight excluding hydrogens is 464 g/mol. The third kappa shape index (κ3) is 4.57. The highest BCUT2D eigenvalue weighted by atomic mass is 32.1. The Kier molecular flexibility index (Phi) is 5.68. The van der Waals surface area contributed by atoms with E-state index in [-0.39, 0.29) is 6.09 Å². The number of ether oxygens (including phenoxy) is 1. The molecule has 4 aromatic rings. The van der Waals surface area contributed by atoms with Gasteiger partial charge in [0.05, 0.1) is 29.2 Å². The van der Waals surface area contributed by atoms with Gasteiger partial charge in [-0.25, -0.2) is 14.3 Å². The third-order valence-corrected chi connectivity index (χ3v) is 6.64. The molecule has 1 fully saturated rings. The summed E-state index contributed by atoms with van der Waals surface area (Å²) in [5.41, 5.74) is 4.24. The number of aryl methyl sites for hydroxylation is 1.